The molecule has 0 bridgehead atoms. The second kappa shape index (κ2) is 8.70. The van der Waals surface area contributed by atoms with E-state index in [1.807, 2.05) is 19.4 Å². The minimum Gasteiger partial charge on any atom is -0.370 e. The third-order valence-corrected chi connectivity index (χ3v) is 6.93. The molecule has 0 radical (unpaired) electrons. The summed E-state index contributed by atoms with van der Waals surface area (Å²) < 4.78 is 4.38. The minimum atomic E-state index is 0.719. The molecule has 1 saturated heterocycles. The lowest BCUT2D eigenvalue weighted by molar-refractivity contribution is 0.313. The van der Waals surface area contributed by atoms with Crippen LogP contribution in [0, 0.1) is 6.92 Å². The Hall–Kier alpha value is -3.91. The monoisotopic (exact) mass is 466 g/mol. The van der Waals surface area contributed by atoms with Crippen molar-refractivity contribution in [1.29, 1.82) is 0 Å². The first-order valence-corrected chi connectivity index (χ1v) is 12.1. The molecule has 0 amide bonds. The van der Waals surface area contributed by atoms with Gasteiger partial charge in [0.1, 0.15) is 5.69 Å². The fourth-order valence-corrected chi connectivity index (χ4v) is 4.88. The number of nitrogens with zero attached hydrogens (tertiary/aromatic N) is 7. The molecule has 0 aliphatic carbocycles. The zero-order chi connectivity index (χ0) is 23.9. The Kier molecular flexibility index (Phi) is 5.37. The lowest BCUT2D eigenvalue weighted by Crippen LogP contribution is -2.44. The van der Waals surface area contributed by atoms with Gasteiger partial charge in [0, 0.05) is 63.5 Å². The van der Waals surface area contributed by atoms with Crippen molar-refractivity contribution < 1.29 is 0 Å². The standard InChI is InChI=1S/C27H30N8/c1-19-16-29-27-25(28-2)30-23(18-34(19)27)26-31-22-10-9-21(33-13-11-32(3)12-14-33)15-24(22)35(26)17-20-7-5-4-6-8-20/h4-10,15-16,18H,11-14,17H2,1-3H3,(H,28,30). The molecule has 3 aromatic heterocycles. The van der Waals surface area contributed by atoms with E-state index < -0.39 is 0 Å². The molecule has 2 aromatic carbocycles. The van der Waals surface area contributed by atoms with Crippen LogP contribution in [0.4, 0.5) is 11.5 Å². The Balaban J connectivity index is 1.52. The van der Waals surface area contributed by atoms with Crippen LogP contribution < -0.4 is 10.2 Å². The maximum Gasteiger partial charge on any atom is 0.180 e. The summed E-state index contributed by atoms with van der Waals surface area (Å²) in [4.78, 5) is 19.4. The van der Waals surface area contributed by atoms with Crippen molar-refractivity contribution >= 4 is 28.2 Å². The summed E-state index contributed by atoms with van der Waals surface area (Å²) in [6, 6.07) is 17.2. The third kappa shape index (κ3) is 3.89. The van der Waals surface area contributed by atoms with Crippen molar-refractivity contribution in [2.75, 3.05) is 50.5 Å². The van der Waals surface area contributed by atoms with E-state index in [1.165, 1.54) is 11.3 Å². The Morgan fingerprint density at radius 2 is 1.77 bits per heavy atom. The number of rotatable bonds is 5. The van der Waals surface area contributed by atoms with E-state index in [2.05, 4.69) is 91.6 Å². The number of likely N-dealkylation sites (N-methyl/N-ethyl adjacent to an activating group) is 1. The van der Waals surface area contributed by atoms with Gasteiger partial charge in [-0.05, 0) is 37.7 Å². The topological polar surface area (TPSA) is 66.5 Å². The molecule has 1 N–H and O–H groups in total. The highest BCUT2D eigenvalue weighted by atomic mass is 15.2. The first-order valence-electron chi connectivity index (χ1n) is 12.1. The Labute approximate surface area is 204 Å². The number of benzene rings is 2. The van der Waals surface area contributed by atoms with Gasteiger partial charge in [-0.3, -0.25) is 4.40 Å². The summed E-state index contributed by atoms with van der Waals surface area (Å²) in [5.74, 6) is 1.60. The molecule has 1 aliphatic heterocycles. The van der Waals surface area contributed by atoms with E-state index in [0.717, 1.165) is 72.4 Å². The van der Waals surface area contributed by atoms with Gasteiger partial charge in [-0.1, -0.05) is 30.3 Å². The number of aryl methyl sites for hydroxylation is 1. The van der Waals surface area contributed by atoms with E-state index in [0.29, 0.717) is 0 Å². The van der Waals surface area contributed by atoms with Gasteiger partial charge in [-0.2, -0.15) is 0 Å². The average molecular weight is 467 g/mol. The van der Waals surface area contributed by atoms with Crippen molar-refractivity contribution in [2.24, 2.45) is 0 Å². The molecule has 8 heteroatoms. The van der Waals surface area contributed by atoms with Gasteiger partial charge in [-0.15, -0.1) is 0 Å². The van der Waals surface area contributed by atoms with Crippen molar-refractivity contribution in [3.05, 3.63) is 72.2 Å². The van der Waals surface area contributed by atoms with Crippen LogP contribution in [-0.4, -0.2) is 69.1 Å². The van der Waals surface area contributed by atoms with E-state index >= 15 is 0 Å². The molecule has 0 saturated carbocycles. The molecule has 178 valence electrons. The van der Waals surface area contributed by atoms with Crippen LogP contribution in [0.1, 0.15) is 11.3 Å². The highest BCUT2D eigenvalue weighted by Crippen LogP contribution is 2.30. The summed E-state index contributed by atoms with van der Waals surface area (Å²) in [5, 5.41) is 3.21. The van der Waals surface area contributed by atoms with Crippen molar-refractivity contribution in [2.45, 2.75) is 13.5 Å². The summed E-state index contributed by atoms with van der Waals surface area (Å²) in [5.41, 5.74) is 7.26. The fourth-order valence-electron chi connectivity index (χ4n) is 4.88. The lowest BCUT2D eigenvalue weighted by atomic mass is 10.2. The predicted octanol–water partition coefficient (Wildman–Crippen LogP) is 3.90. The smallest absolute Gasteiger partial charge is 0.180 e. The highest BCUT2D eigenvalue weighted by Gasteiger charge is 2.20. The van der Waals surface area contributed by atoms with Crippen LogP contribution in [-0.2, 0) is 6.54 Å². The molecule has 0 atom stereocenters. The SMILES string of the molecule is CNc1nc(-c2nc3ccc(N4CCN(C)CC4)cc3n2Cc2ccccc2)cn2c(C)cnc12. The fraction of sp³-hybridized carbons (Fsp3) is 0.296. The van der Waals surface area contributed by atoms with E-state index in [4.69, 9.17) is 9.97 Å². The van der Waals surface area contributed by atoms with Gasteiger partial charge in [0.15, 0.2) is 17.3 Å². The van der Waals surface area contributed by atoms with Crippen molar-refractivity contribution in [1.82, 2.24) is 28.8 Å². The van der Waals surface area contributed by atoms with Gasteiger partial charge < -0.3 is 19.7 Å². The van der Waals surface area contributed by atoms with Crippen molar-refractivity contribution in [3.8, 4) is 11.5 Å². The van der Waals surface area contributed by atoms with Gasteiger partial charge in [-0.25, -0.2) is 15.0 Å². The van der Waals surface area contributed by atoms with E-state index in [9.17, 15) is 0 Å². The van der Waals surface area contributed by atoms with Crippen LogP contribution >= 0.6 is 0 Å². The predicted molar refractivity (Wildman–Crippen MR) is 141 cm³/mol. The zero-order valence-corrected chi connectivity index (χ0v) is 20.4. The molecule has 35 heavy (non-hydrogen) atoms. The first kappa shape index (κ1) is 21.6. The van der Waals surface area contributed by atoms with Crippen LogP contribution in [0.25, 0.3) is 28.2 Å². The molecule has 0 spiro atoms. The first-order chi connectivity index (χ1) is 17.1. The molecule has 0 unspecified atom stereocenters. The van der Waals surface area contributed by atoms with Gasteiger partial charge in [0.25, 0.3) is 0 Å². The number of hydrogen-bond acceptors (Lipinski definition) is 6. The quantitative estimate of drug-likeness (QED) is 0.424. The molecule has 1 aliphatic rings. The number of piperazine rings is 1. The van der Waals surface area contributed by atoms with Crippen LogP contribution in [0.15, 0.2) is 60.9 Å². The summed E-state index contributed by atoms with van der Waals surface area (Å²) >= 11 is 0. The van der Waals surface area contributed by atoms with Crippen LogP contribution in [0.5, 0.6) is 0 Å². The maximum absolute atomic E-state index is 5.09. The molecule has 6 rings (SSSR count). The van der Waals surface area contributed by atoms with Crippen molar-refractivity contribution in [3.63, 3.8) is 0 Å². The van der Waals surface area contributed by atoms with Gasteiger partial charge >= 0.3 is 0 Å². The second-order valence-electron chi connectivity index (χ2n) is 9.29. The summed E-state index contributed by atoms with van der Waals surface area (Å²) in [6.45, 7) is 6.99. The zero-order valence-electron chi connectivity index (χ0n) is 20.4. The second-order valence-corrected chi connectivity index (χ2v) is 9.29. The highest BCUT2D eigenvalue weighted by molar-refractivity contribution is 5.84. The Bertz CT molecular complexity index is 1490. The molecule has 5 aromatic rings. The van der Waals surface area contributed by atoms with Gasteiger partial charge in [0.2, 0.25) is 0 Å². The summed E-state index contributed by atoms with van der Waals surface area (Å²) in [6.07, 6.45) is 3.92. The molecule has 4 heterocycles. The summed E-state index contributed by atoms with van der Waals surface area (Å²) in [7, 11) is 4.07. The van der Waals surface area contributed by atoms with Crippen LogP contribution in [0.3, 0.4) is 0 Å². The largest absolute Gasteiger partial charge is 0.370 e. The average Bonchev–Trinajstić information content (AvgIpc) is 3.44. The van der Waals surface area contributed by atoms with Gasteiger partial charge in [0.05, 0.1) is 11.0 Å². The Morgan fingerprint density at radius 1 is 0.971 bits per heavy atom. The molecular formula is C27H30N8. The number of hydrogen-bond donors (Lipinski definition) is 1. The number of nitrogens with one attached hydrogen (secondary N) is 1. The van der Waals surface area contributed by atoms with E-state index in [1.54, 1.807) is 0 Å². The Morgan fingerprint density at radius 3 is 2.54 bits per heavy atom. The number of fused-ring (bicyclic) bond motifs is 2. The van der Waals surface area contributed by atoms with E-state index in [-0.39, 0.29) is 0 Å². The van der Waals surface area contributed by atoms with Crippen LogP contribution in [0.2, 0.25) is 0 Å². The molecule has 8 nitrogen and oxygen atoms in total. The number of anilines is 2. The number of imidazole rings is 2. The third-order valence-electron chi connectivity index (χ3n) is 6.93. The number of aromatic nitrogens is 5. The maximum atomic E-state index is 5.09. The lowest BCUT2D eigenvalue weighted by Gasteiger charge is -2.34. The minimum absolute atomic E-state index is 0.719. The molecular weight excluding hydrogens is 436 g/mol. The normalized spacial score (nSPS) is 14.8. The molecule has 1 fully saturated rings.